The highest BCUT2D eigenvalue weighted by Crippen LogP contribution is 2.27. The van der Waals surface area contributed by atoms with Gasteiger partial charge in [-0.3, -0.25) is 9.59 Å². The van der Waals surface area contributed by atoms with Gasteiger partial charge in [-0.2, -0.15) is 0 Å². The van der Waals surface area contributed by atoms with Gasteiger partial charge < -0.3 is 15.0 Å². The van der Waals surface area contributed by atoms with Crippen molar-refractivity contribution in [3.63, 3.8) is 0 Å². The Hall–Kier alpha value is -1.82. The van der Waals surface area contributed by atoms with E-state index in [9.17, 15) is 9.59 Å². The molecule has 1 heterocycles. The Kier molecular flexibility index (Phi) is 4.44. The van der Waals surface area contributed by atoms with E-state index in [2.05, 4.69) is 20.9 Å². The zero-order valence-corrected chi connectivity index (χ0v) is 12.6. The number of rotatable bonds is 5. The number of nitrogens with one attached hydrogen (secondary N) is 1. The molecule has 0 radical (unpaired) electrons. The highest BCUT2D eigenvalue weighted by molar-refractivity contribution is 9.10. The van der Waals surface area contributed by atoms with Crippen LogP contribution in [0.4, 0.5) is 0 Å². The van der Waals surface area contributed by atoms with Crippen LogP contribution in [-0.4, -0.2) is 40.5 Å². The van der Waals surface area contributed by atoms with E-state index in [0.29, 0.717) is 18.5 Å². The molecule has 106 valence electrons. The maximum absolute atomic E-state index is 12.4. The number of hydrogen-bond acceptors (Lipinski definition) is 2. The largest absolute Gasteiger partial charge is 0.481 e. The molecule has 0 saturated heterocycles. The second-order valence-corrected chi connectivity index (χ2v) is 5.44. The topological polar surface area (TPSA) is 73.4 Å². The zero-order valence-electron chi connectivity index (χ0n) is 11.0. The summed E-state index contributed by atoms with van der Waals surface area (Å²) in [6.45, 7) is 0.419. The van der Waals surface area contributed by atoms with Crippen molar-refractivity contribution in [3.05, 3.63) is 34.4 Å². The quantitative estimate of drug-likeness (QED) is 0.880. The first-order valence-electron chi connectivity index (χ1n) is 6.23. The van der Waals surface area contributed by atoms with E-state index >= 15 is 0 Å². The minimum absolute atomic E-state index is 0.0647. The standard InChI is InChI=1S/C14H15BrN2O3/c1-17(7-3-6-12(18)19)14(20)9-8-16-11-5-2-4-10(15)13(9)11/h2,4-5,8,16H,3,6-7H2,1H3,(H,18,19). The number of amides is 1. The van der Waals surface area contributed by atoms with E-state index in [1.165, 1.54) is 0 Å². The van der Waals surface area contributed by atoms with E-state index in [-0.39, 0.29) is 12.3 Å². The third kappa shape index (κ3) is 3.01. The fourth-order valence-corrected chi connectivity index (χ4v) is 2.66. The van der Waals surface area contributed by atoms with Gasteiger partial charge in [0.05, 0.1) is 5.56 Å². The van der Waals surface area contributed by atoms with Crippen molar-refractivity contribution < 1.29 is 14.7 Å². The average Bonchev–Trinajstić information content (AvgIpc) is 2.82. The summed E-state index contributed by atoms with van der Waals surface area (Å²) >= 11 is 3.45. The smallest absolute Gasteiger partial charge is 0.303 e. The maximum Gasteiger partial charge on any atom is 0.303 e. The first-order valence-corrected chi connectivity index (χ1v) is 7.03. The third-order valence-electron chi connectivity index (χ3n) is 3.12. The lowest BCUT2D eigenvalue weighted by atomic mass is 10.1. The Labute approximate surface area is 124 Å². The van der Waals surface area contributed by atoms with Gasteiger partial charge in [-0.25, -0.2) is 0 Å². The highest BCUT2D eigenvalue weighted by Gasteiger charge is 2.17. The van der Waals surface area contributed by atoms with Gasteiger partial charge in [-0.1, -0.05) is 22.0 Å². The number of aliphatic carboxylic acids is 1. The predicted molar refractivity (Wildman–Crippen MR) is 79.8 cm³/mol. The first-order chi connectivity index (χ1) is 9.50. The minimum atomic E-state index is -0.847. The second-order valence-electron chi connectivity index (χ2n) is 4.59. The monoisotopic (exact) mass is 338 g/mol. The Morgan fingerprint density at radius 2 is 2.15 bits per heavy atom. The fourth-order valence-electron chi connectivity index (χ4n) is 2.08. The fraction of sp³-hybridized carbons (Fsp3) is 0.286. The molecule has 6 heteroatoms. The third-order valence-corrected chi connectivity index (χ3v) is 3.78. The Bertz CT molecular complexity index is 651. The normalized spacial score (nSPS) is 10.7. The van der Waals surface area contributed by atoms with E-state index in [1.807, 2.05) is 18.2 Å². The van der Waals surface area contributed by atoms with Gasteiger partial charge in [0.2, 0.25) is 0 Å². The van der Waals surface area contributed by atoms with Crippen molar-refractivity contribution in [3.8, 4) is 0 Å². The molecule has 2 aromatic rings. The Balaban J connectivity index is 2.17. The van der Waals surface area contributed by atoms with Crippen LogP contribution < -0.4 is 0 Å². The number of nitrogens with zero attached hydrogens (tertiary/aromatic N) is 1. The zero-order chi connectivity index (χ0) is 14.7. The number of carbonyl (C=O) groups is 2. The lowest BCUT2D eigenvalue weighted by molar-refractivity contribution is -0.137. The van der Waals surface area contributed by atoms with Crippen LogP contribution in [0.5, 0.6) is 0 Å². The molecule has 0 aliphatic rings. The molecule has 20 heavy (non-hydrogen) atoms. The van der Waals surface area contributed by atoms with Gasteiger partial charge in [0.1, 0.15) is 0 Å². The van der Waals surface area contributed by atoms with Crippen molar-refractivity contribution in [1.29, 1.82) is 0 Å². The molecule has 2 rings (SSSR count). The van der Waals surface area contributed by atoms with Crippen LogP contribution in [-0.2, 0) is 4.79 Å². The van der Waals surface area contributed by atoms with Gasteiger partial charge in [0.25, 0.3) is 5.91 Å². The molecule has 0 spiro atoms. The number of carbonyl (C=O) groups excluding carboxylic acids is 1. The highest BCUT2D eigenvalue weighted by atomic mass is 79.9. The molecule has 1 aromatic heterocycles. The molecule has 5 nitrogen and oxygen atoms in total. The number of carboxylic acid groups (broad SMARTS) is 1. The maximum atomic E-state index is 12.4. The average molecular weight is 339 g/mol. The van der Waals surface area contributed by atoms with E-state index < -0.39 is 5.97 Å². The summed E-state index contributed by atoms with van der Waals surface area (Å²) < 4.78 is 0.860. The molecule has 0 aliphatic carbocycles. The predicted octanol–water partition coefficient (Wildman–Crippen LogP) is 2.87. The van der Waals surface area contributed by atoms with Crippen molar-refractivity contribution in [2.45, 2.75) is 12.8 Å². The molecule has 0 bridgehead atoms. The second kappa shape index (κ2) is 6.09. The number of aromatic nitrogens is 1. The molecule has 0 aliphatic heterocycles. The van der Waals surface area contributed by atoms with Crippen LogP contribution in [0.2, 0.25) is 0 Å². The van der Waals surface area contributed by atoms with Gasteiger partial charge in [0.15, 0.2) is 0 Å². The number of aromatic amines is 1. The molecular formula is C14H15BrN2O3. The SMILES string of the molecule is CN(CCCC(=O)O)C(=O)c1c[nH]c2cccc(Br)c12. The van der Waals surface area contributed by atoms with Gasteiger partial charge in [-0.15, -0.1) is 0 Å². The summed E-state index contributed by atoms with van der Waals surface area (Å²) in [5.41, 5.74) is 1.48. The van der Waals surface area contributed by atoms with Gasteiger partial charge in [0, 0.05) is 41.6 Å². The summed E-state index contributed by atoms with van der Waals surface area (Å²) in [6, 6.07) is 5.69. The molecule has 0 fully saturated rings. The molecule has 0 unspecified atom stereocenters. The van der Waals surface area contributed by atoms with E-state index in [1.54, 1.807) is 18.1 Å². The van der Waals surface area contributed by atoms with Gasteiger partial charge >= 0.3 is 5.97 Å². The van der Waals surface area contributed by atoms with Crippen molar-refractivity contribution >= 4 is 38.7 Å². The number of hydrogen-bond donors (Lipinski definition) is 2. The van der Waals surface area contributed by atoms with Gasteiger partial charge in [-0.05, 0) is 18.6 Å². The summed E-state index contributed by atoms with van der Waals surface area (Å²) in [5, 5.41) is 9.46. The van der Waals surface area contributed by atoms with Crippen LogP contribution in [0.1, 0.15) is 23.2 Å². The van der Waals surface area contributed by atoms with E-state index in [0.717, 1.165) is 15.4 Å². The molecule has 2 N–H and O–H groups in total. The lowest BCUT2D eigenvalue weighted by Crippen LogP contribution is -2.28. The van der Waals surface area contributed by atoms with Crippen LogP contribution >= 0.6 is 15.9 Å². The van der Waals surface area contributed by atoms with Crippen molar-refractivity contribution in [1.82, 2.24) is 9.88 Å². The summed E-state index contributed by atoms with van der Waals surface area (Å²) in [5.74, 6) is -0.964. The number of fused-ring (bicyclic) bond motifs is 1. The molecule has 0 atom stereocenters. The number of benzene rings is 1. The van der Waals surface area contributed by atoms with Crippen molar-refractivity contribution in [2.75, 3.05) is 13.6 Å². The molecule has 0 saturated carbocycles. The summed E-state index contributed by atoms with van der Waals surface area (Å²) in [4.78, 5) is 27.5. The Morgan fingerprint density at radius 1 is 1.40 bits per heavy atom. The lowest BCUT2D eigenvalue weighted by Gasteiger charge is -2.16. The van der Waals surface area contributed by atoms with Crippen LogP contribution in [0, 0.1) is 0 Å². The summed E-state index contributed by atoms with van der Waals surface area (Å²) in [7, 11) is 1.68. The van der Waals surface area contributed by atoms with Crippen LogP contribution in [0.25, 0.3) is 10.9 Å². The molecular weight excluding hydrogens is 324 g/mol. The van der Waals surface area contributed by atoms with Crippen LogP contribution in [0.3, 0.4) is 0 Å². The Morgan fingerprint density at radius 3 is 2.85 bits per heavy atom. The van der Waals surface area contributed by atoms with Crippen molar-refractivity contribution in [2.24, 2.45) is 0 Å². The minimum Gasteiger partial charge on any atom is -0.481 e. The molecule has 1 amide bonds. The van der Waals surface area contributed by atoms with E-state index in [4.69, 9.17) is 5.11 Å². The summed E-state index contributed by atoms with van der Waals surface area (Å²) in [6.07, 6.45) is 2.20. The van der Waals surface area contributed by atoms with Crippen LogP contribution in [0.15, 0.2) is 28.9 Å². The number of halogens is 1. The first kappa shape index (κ1) is 14.6. The number of carboxylic acids is 1. The molecule has 1 aromatic carbocycles. The number of H-pyrrole nitrogens is 1.